The highest BCUT2D eigenvalue weighted by atomic mass is 32.3. The van der Waals surface area contributed by atoms with Gasteiger partial charge in [-0.05, 0) is 47.5 Å². The number of fused-ring (bicyclic) bond motifs is 1. The van der Waals surface area contributed by atoms with E-state index in [1.807, 2.05) is 6.07 Å². The van der Waals surface area contributed by atoms with Gasteiger partial charge in [-0.25, -0.2) is 4.79 Å². The quantitative estimate of drug-likeness (QED) is 0.260. The van der Waals surface area contributed by atoms with Crippen LogP contribution in [0.15, 0.2) is 65.2 Å². The zero-order chi connectivity index (χ0) is 28.3. The first-order valence-electron chi connectivity index (χ1n) is 10.0. The molecule has 15 heteroatoms. The first-order valence-corrected chi connectivity index (χ1v) is 11.4. The maximum absolute atomic E-state index is 13.4. The van der Waals surface area contributed by atoms with Crippen molar-refractivity contribution in [2.24, 2.45) is 0 Å². The fourth-order valence-electron chi connectivity index (χ4n) is 3.33. The Morgan fingerprint density at radius 2 is 1.68 bits per heavy atom. The molecule has 4 rings (SSSR count). The smallest absolute Gasteiger partial charge is 0.417 e. The van der Waals surface area contributed by atoms with Crippen LogP contribution in [-0.4, -0.2) is 39.7 Å². The molecule has 4 aromatic rings. The zero-order valence-corrected chi connectivity index (χ0v) is 19.4. The van der Waals surface area contributed by atoms with E-state index in [-0.39, 0.29) is 44.6 Å². The van der Waals surface area contributed by atoms with E-state index in [1.165, 1.54) is 48.5 Å². The second-order valence-corrected chi connectivity index (χ2v) is 8.26. The summed E-state index contributed by atoms with van der Waals surface area (Å²) in [7, 11) is -4.67. The molecule has 38 heavy (non-hydrogen) atoms. The second kappa shape index (κ2) is 10.7. The minimum Gasteiger partial charge on any atom is -0.478 e. The van der Waals surface area contributed by atoms with Crippen LogP contribution in [0.3, 0.4) is 0 Å². The van der Waals surface area contributed by atoms with Gasteiger partial charge in [-0.15, -0.1) is 0 Å². The Kier molecular flexibility index (Phi) is 7.82. The summed E-state index contributed by atoms with van der Waals surface area (Å²) in [6, 6.07) is 14.8. The molecular weight excluding hydrogens is 535 g/mol. The summed E-state index contributed by atoms with van der Waals surface area (Å²) in [5, 5.41) is 24.6. The van der Waals surface area contributed by atoms with Crippen LogP contribution in [-0.2, 0) is 16.6 Å². The number of alkyl halides is 3. The number of benzene rings is 3. The van der Waals surface area contributed by atoms with Crippen molar-refractivity contribution in [1.29, 1.82) is 5.26 Å². The van der Waals surface area contributed by atoms with Crippen LogP contribution in [0.2, 0.25) is 0 Å². The van der Waals surface area contributed by atoms with Crippen LogP contribution < -0.4 is 5.32 Å². The average molecular weight is 549 g/mol. The summed E-state index contributed by atoms with van der Waals surface area (Å²) in [5.41, 5.74) is -1.00. The summed E-state index contributed by atoms with van der Waals surface area (Å²) < 4.78 is 76.8. The molecule has 0 aliphatic heterocycles. The molecule has 0 fully saturated rings. The Bertz CT molecular complexity index is 1680. The number of carbonyl (C=O) groups excluding carboxylic acids is 1. The van der Waals surface area contributed by atoms with E-state index in [1.54, 1.807) is 0 Å². The maximum Gasteiger partial charge on any atom is 0.417 e. The summed E-state index contributed by atoms with van der Waals surface area (Å²) >= 11 is 0. The molecule has 0 atom stereocenters. The topological polar surface area (TPSA) is 191 Å². The number of aromatic nitrogens is 1. The van der Waals surface area contributed by atoms with Crippen molar-refractivity contribution in [3.05, 3.63) is 83.0 Å². The third-order valence-corrected chi connectivity index (χ3v) is 4.86. The molecule has 0 radical (unpaired) electrons. The van der Waals surface area contributed by atoms with Gasteiger partial charge >= 0.3 is 22.5 Å². The lowest BCUT2D eigenvalue weighted by Crippen LogP contribution is -2.15. The molecule has 4 N–H and O–H groups in total. The number of rotatable bonds is 4. The van der Waals surface area contributed by atoms with Crippen molar-refractivity contribution in [2.75, 3.05) is 5.32 Å². The lowest BCUT2D eigenvalue weighted by molar-refractivity contribution is -0.137. The number of hydrogen-bond acceptors (Lipinski definition) is 7. The number of carboxylic acid groups (broad SMARTS) is 1. The number of anilines is 1. The average Bonchev–Trinajstić information content (AvgIpc) is 3.26. The third-order valence-electron chi connectivity index (χ3n) is 4.86. The van der Waals surface area contributed by atoms with Crippen LogP contribution in [0.25, 0.3) is 22.1 Å². The number of nitrogens with zero attached hydrogens (tertiary/aromatic N) is 2. The SMILES string of the molecule is N#Cc1ccc(NC(=O)c2noc3cc(-c4ccccc4C(F)(F)F)ccc23)c(C(=O)O)c1.O=S(=O)(O)O. The van der Waals surface area contributed by atoms with Gasteiger partial charge in [-0.1, -0.05) is 29.4 Å². The first-order chi connectivity index (χ1) is 17.7. The summed E-state index contributed by atoms with van der Waals surface area (Å²) in [4.78, 5) is 24.2. The molecule has 0 spiro atoms. The molecule has 0 unspecified atom stereocenters. The minimum atomic E-state index is -4.67. The van der Waals surface area contributed by atoms with E-state index < -0.39 is 34.0 Å². The van der Waals surface area contributed by atoms with E-state index in [0.717, 1.165) is 12.1 Å². The molecule has 11 nitrogen and oxygen atoms in total. The highest BCUT2D eigenvalue weighted by Gasteiger charge is 2.33. The molecule has 0 saturated carbocycles. The minimum absolute atomic E-state index is 0.0571. The van der Waals surface area contributed by atoms with Gasteiger partial charge in [-0.3, -0.25) is 13.9 Å². The summed E-state index contributed by atoms with van der Waals surface area (Å²) in [5.74, 6) is -2.13. The molecule has 196 valence electrons. The number of halogens is 3. The van der Waals surface area contributed by atoms with Gasteiger partial charge in [0.25, 0.3) is 5.91 Å². The number of nitriles is 1. The van der Waals surface area contributed by atoms with Gasteiger partial charge in [0.05, 0.1) is 33.8 Å². The van der Waals surface area contributed by atoms with Crippen LogP contribution in [0, 0.1) is 11.3 Å². The van der Waals surface area contributed by atoms with Crippen LogP contribution in [0.5, 0.6) is 0 Å². The Morgan fingerprint density at radius 1 is 1.03 bits per heavy atom. The molecule has 3 aromatic carbocycles. The molecule has 0 saturated heterocycles. The maximum atomic E-state index is 13.4. The van der Waals surface area contributed by atoms with Crippen molar-refractivity contribution in [2.45, 2.75) is 6.18 Å². The van der Waals surface area contributed by atoms with E-state index in [2.05, 4.69) is 10.5 Å². The zero-order valence-electron chi connectivity index (χ0n) is 18.6. The summed E-state index contributed by atoms with van der Waals surface area (Å²) in [6.45, 7) is 0. The van der Waals surface area contributed by atoms with Gasteiger partial charge in [0.15, 0.2) is 11.3 Å². The van der Waals surface area contributed by atoms with Crippen molar-refractivity contribution >= 4 is 38.9 Å². The number of nitrogens with one attached hydrogen (secondary N) is 1. The van der Waals surface area contributed by atoms with Gasteiger partial charge in [0, 0.05) is 0 Å². The van der Waals surface area contributed by atoms with Gasteiger partial charge < -0.3 is 14.9 Å². The summed E-state index contributed by atoms with van der Waals surface area (Å²) in [6.07, 6.45) is -4.55. The Labute approximate surface area is 211 Å². The predicted molar refractivity (Wildman–Crippen MR) is 125 cm³/mol. The van der Waals surface area contributed by atoms with Crippen LogP contribution >= 0.6 is 0 Å². The predicted octanol–water partition coefficient (Wildman–Crippen LogP) is 4.68. The molecule has 0 aliphatic rings. The van der Waals surface area contributed by atoms with Crippen molar-refractivity contribution in [1.82, 2.24) is 5.16 Å². The van der Waals surface area contributed by atoms with Crippen molar-refractivity contribution in [3.8, 4) is 17.2 Å². The lowest BCUT2D eigenvalue weighted by atomic mass is 9.98. The Morgan fingerprint density at radius 3 is 2.29 bits per heavy atom. The normalized spacial score (nSPS) is 11.3. The van der Waals surface area contributed by atoms with E-state index in [0.29, 0.717) is 0 Å². The van der Waals surface area contributed by atoms with E-state index in [4.69, 9.17) is 27.3 Å². The monoisotopic (exact) mass is 549 g/mol. The van der Waals surface area contributed by atoms with Gasteiger partial charge in [0.2, 0.25) is 0 Å². The molecule has 0 aliphatic carbocycles. The number of aromatic carboxylic acids is 1. The molecule has 1 aromatic heterocycles. The number of hydrogen-bond donors (Lipinski definition) is 4. The Hall–Kier alpha value is -4.78. The van der Waals surface area contributed by atoms with Gasteiger partial charge in [0.1, 0.15) is 0 Å². The molecular formula is C23H14F3N3O8S. The molecule has 1 heterocycles. The van der Waals surface area contributed by atoms with Crippen molar-refractivity contribution < 1.29 is 49.9 Å². The van der Waals surface area contributed by atoms with E-state index >= 15 is 0 Å². The largest absolute Gasteiger partial charge is 0.478 e. The van der Waals surface area contributed by atoms with Crippen LogP contribution in [0.1, 0.15) is 32.0 Å². The third kappa shape index (κ3) is 6.70. The Balaban J connectivity index is 0.000000732. The van der Waals surface area contributed by atoms with Crippen molar-refractivity contribution in [3.63, 3.8) is 0 Å². The van der Waals surface area contributed by atoms with Gasteiger partial charge in [-0.2, -0.15) is 26.9 Å². The second-order valence-electron chi connectivity index (χ2n) is 7.36. The first kappa shape index (κ1) is 27.8. The highest BCUT2D eigenvalue weighted by molar-refractivity contribution is 7.79. The highest BCUT2D eigenvalue weighted by Crippen LogP contribution is 2.38. The lowest BCUT2D eigenvalue weighted by Gasteiger charge is -2.12. The van der Waals surface area contributed by atoms with E-state index in [9.17, 15) is 27.9 Å². The standard InChI is InChI=1S/C23H12F3N3O4.H2O4S/c24-23(25,26)17-4-2-1-3-14(17)13-6-7-15-19(10-13)33-29-20(15)21(30)28-18-8-5-12(11-27)9-16(18)22(31)32;1-5(2,3)4/h1-10H,(H,28,30)(H,31,32);(H2,1,2,3,4). The molecule has 0 bridgehead atoms. The number of carbonyl (C=O) groups is 2. The number of carboxylic acids is 1. The molecule has 1 amide bonds. The number of amides is 1. The fourth-order valence-corrected chi connectivity index (χ4v) is 3.33. The fraction of sp³-hybridized carbons (Fsp3) is 0.0435. The van der Waals surface area contributed by atoms with Crippen LogP contribution in [0.4, 0.5) is 18.9 Å².